The van der Waals surface area contributed by atoms with Crippen LogP contribution in [0.1, 0.15) is 113 Å². The van der Waals surface area contributed by atoms with Gasteiger partial charge in [-0.15, -0.1) is 23.8 Å². The first-order chi connectivity index (χ1) is 34.7. The molecule has 0 aliphatic rings. The van der Waals surface area contributed by atoms with Gasteiger partial charge in [-0.3, -0.25) is 9.55 Å². The van der Waals surface area contributed by atoms with E-state index in [1.54, 1.807) is 0 Å². The van der Waals surface area contributed by atoms with Crippen LogP contribution >= 0.6 is 0 Å². The zero-order valence-corrected chi connectivity index (χ0v) is 45.7. The number of pyridine rings is 1. The van der Waals surface area contributed by atoms with Gasteiger partial charge in [-0.25, -0.2) is 4.98 Å². The largest absolute Gasteiger partial charge is 0.507 e. The van der Waals surface area contributed by atoms with Crippen LogP contribution in [0.5, 0.6) is 5.75 Å². The van der Waals surface area contributed by atoms with Gasteiger partial charge in [0.2, 0.25) is 0 Å². The molecule has 0 saturated carbocycles. The Balaban J connectivity index is 0.00000656. The molecule has 0 fully saturated rings. The molecule has 0 aliphatic carbocycles. The molecular formula is C68H64N3OPt-. The zero-order chi connectivity index (χ0) is 50.3. The maximum absolute atomic E-state index is 12.7. The maximum Gasteiger partial charge on any atom is 0.148 e. The van der Waals surface area contributed by atoms with Gasteiger partial charge in [-0.05, 0) is 104 Å². The van der Waals surface area contributed by atoms with Crippen molar-refractivity contribution in [2.24, 2.45) is 0 Å². The number of phenols is 1. The van der Waals surface area contributed by atoms with Crippen molar-refractivity contribution in [2.75, 3.05) is 0 Å². The van der Waals surface area contributed by atoms with E-state index in [1.807, 2.05) is 6.20 Å². The van der Waals surface area contributed by atoms with Crippen molar-refractivity contribution in [1.29, 1.82) is 0 Å². The van der Waals surface area contributed by atoms with Crippen LogP contribution in [-0.4, -0.2) is 19.6 Å². The summed E-state index contributed by atoms with van der Waals surface area (Å²) < 4.78 is 2.37. The number of rotatable bonds is 12. The van der Waals surface area contributed by atoms with Crippen LogP contribution < -0.4 is 0 Å². The first-order valence-corrected chi connectivity index (χ1v) is 25.6. The first kappa shape index (κ1) is 50.8. The predicted molar refractivity (Wildman–Crippen MR) is 302 cm³/mol. The molecule has 368 valence electrons. The molecular weight excluding hydrogens is 1070 g/mol. The second kappa shape index (κ2) is 21.1. The van der Waals surface area contributed by atoms with E-state index >= 15 is 0 Å². The Morgan fingerprint density at radius 1 is 0.534 bits per heavy atom. The number of aromatic nitrogens is 3. The van der Waals surface area contributed by atoms with Gasteiger partial charge >= 0.3 is 0 Å². The molecule has 8 aromatic carbocycles. The average molecular weight is 1130 g/mol. The zero-order valence-electron chi connectivity index (χ0n) is 43.4. The molecule has 2 heterocycles. The van der Waals surface area contributed by atoms with E-state index < -0.39 is 0 Å². The van der Waals surface area contributed by atoms with E-state index in [2.05, 4.69) is 255 Å². The van der Waals surface area contributed by atoms with Crippen LogP contribution in [0.25, 0.3) is 83.9 Å². The van der Waals surface area contributed by atoms with E-state index in [9.17, 15) is 5.11 Å². The number of nitrogens with zero attached hydrogens (tertiary/aromatic N) is 3. The van der Waals surface area contributed by atoms with Gasteiger partial charge in [-0.1, -0.05) is 225 Å². The van der Waals surface area contributed by atoms with E-state index in [0.29, 0.717) is 5.82 Å². The molecule has 10 aromatic rings. The Bertz CT molecular complexity index is 3520. The molecule has 1 N–H and O–H groups in total. The molecule has 0 radical (unpaired) electrons. The molecule has 0 aliphatic heterocycles. The third-order valence-electron chi connectivity index (χ3n) is 14.1. The fourth-order valence-electron chi connectivity index (χ4n) is 10.2. The molecule has 0 saturated heterocycles. The number of phenolic OH excluding ortho intramolecular Hbond substituents is 1. The Morgan fingerprint density at radius 3 is 1.64 bits per heavy atom. The standard InChI is InChI=1S/C68H64N3O.Pt/c1-43(2)50-37-59(66(72)61(40-50)68(7,8)9)67-70-64-56(31-22-32-63(64)71(67)65-57(44(3)4)38-52(39-58(65)45(5)6)48-27-18-12-19-28-48)54-34-51(47-25-16-11-17-26-47)35-55(36-54)62-41-53(33-46-23-14-10-15-24-46)60(42-69-62)49-29-20-13-21-30-49;/h10-32,34-35,37-45,72H,33H2,1-9H3;/q-1;. The third-order valence-corrected chi connectivity index (χ3v) is 14.1. The first-order valence-electron chi connectivity index (χ1n) is 25.6. The van der Waals surface area contributed by atoms with Gasteiger partial charge < -0.3 is 5.11 Å². The Labute approximate surface area is 447 Å². The molecule has 0 unspecified atom stereocenters. The summed E-state index contributed by atoms with van der Waals surface area (Å²) in [6, 6.07) is 68.8. The van der Waals surface area contributed by atoms with Crippen LogP contribution in [-0.2, 0) is 32.9 Å². The number of hydrogen-bond donors (Lipinski definition) is 1. The Hall–Kier alpha value is -7.13. The van der Waals surface area contributed by atoms with Gasteiger partial charge in [0, 0.05) is 44.1 Å². The molecule has 5 heteroatoms. The van der Waals surface area contributed by atoms with Crippen LogP contribution in [0, 0.1) is 6.07 Å². The number of hydrogen-bond acceptors (Lipinski definition) is 3. The van der Waals surface area contributed by atoms with Crippen molar-refractivity contribution in [3.05, 3.63) is 228 Å². The third kappa shape index (κ3) is 10.3. The van der Waals surface area contributed by atoms with Crippen molar-refractivity contribution in [3.8, 4) is 78.6 Å². The monoisotopic (exact) mass is 1130 g/mol. The summed E-state index contributed by atoms with van der Waals surface area (Å²) in [5, 5.41) is 12.7. The van der Waals surface area contributed by atoms with Crippen molar-refractivity contribution in [3.63, 3.8) is 0 Å². The van der Waals surface area contributed by atoms with Crippen LogP contribution in [0.2, 0.25) is 0 Å². The summed E-state index contributed by atoms with van der Waals surface area (Å²) in [6.45, 7) is 20.1. The van der Waals surface area contributed by atoms with Crippen molar-refractivity contribution in [1.82, 2.24) is 14.5 Å². The molecule has 10 rings (SSSR count). The summed E-state index contributed by atoms with van der Waals surface area (Å²) in [5.74, 6) is 1.53. The van der Waals surface area contributed by atoms with Crippen molar-refractivity contribution < 1.29 is 26.2 Å². The topological polar surface area (TPSA) is 50.9 Å². The summed E-state index contributed by atoms with van der Waals surface area (Å²) in [4.78, 5) is 11.0. The number of fused-ring (bicyclic) bond motifs is 1. The van der Waals surface area contributed by atoms with Crippen molar-refractivity contribution in [2.45, 2.75) is 91.9 Å². The summed E-state index contributed by atoms with van der Waals surface area (Å²) >= 11 is 0. The second-order valence-corrected chi connectivity index (χ2v) is 21.3. The minimum Gasteiger partial charge on any atom is -0.507 e. The second-order valence-electron chi connectivity index (χ2n) is 21.3. The molecule has 2 aromatic heterocycles. The van der Waals surface area contributed by atoms with Crippen LogP contribution in [0.4, 0.5) is 0 Å². The smallest absolute Gasteiger partial charge is 0.148 e. The summed E-state index contributed by atoms with van der Waals surface area (Å²) in [6.07, 6.45) is 2.79. The predicted octanol–water partition coefficient (Wildman–Crippen LogP) is 18.2. The van der Waals surface area contributed by atoms with Crippen molar-refractivity contribution >= 4 is 11.0 Å². The summed E-state index contributed by atoms with van der Waals surface area (Å²) in [5.41, 5.74) is 20.6. The molecule has 0 atom stereocenters. The number of aromatic hydroxyl groups is 1. The number of benzene rings is 8. The molecule has 4 nitrogen and oxygen atoms in total. The molecule has 0 spiro atoms. The summed E-state index contributed by atoms with van der Waals surface area (Å²) in [7, 11) is 0. The van der Waals surface area contributed by atoms with Gasteiger partial charge in [0.15, 0.2) is 0 Å². The molecule has 0 amide bonds. The van der Waals surface area contributed by atoms with Gasteiger partial charge in [-0.2, -0.15) is 0 Å². The number of imidazole rings is 1. The Kier molecular flexibility index (Phi) is 14.7. The van der Waals surface area contributed by atoms with E-state index in [1.165, 1.54) is 33.4 Å². The quantitative estimate of drug-likeness (QED) is 0.124. The van der Waals surface area contributed by atoms with E-state index in [-0.39, 0.29) is 50.0 Å². The van der Waals surface area contributed by atoms with Gasteiger partial charge in [0.05, 0.1) is 22.3 Å². The normalized spacial score (nSPS) is 11.7. The SMILES string of the molecule is CC(C)c1cc(-c2nc3c(-c4[c-]c(-c5cc(Cc6ccccc6)c(-c6ccccc6)cn5)cc(-c5ccccc5)c4)cccc3n2-c2c(C(C)C)cc(-c3ccccc3)cc2C(C)C)c(O)c(C(C)(C)C)c1.[Pt]. The van der Waals surface area contributed by atoms with Crippen LogP contribution in [0.3, 0.4) is 0 Å². The van der Waals surface area contributed by atoms with E-state index in [4.69, 9.17) is 9.97 Å². The number of para-hydroxylation sites is 1. The van der Waals surface area contributed by atoms with Crippen LogP contribution in [0.15, 0.2) is 188 Å². The minimum absolute atomic E-state index is 0. The van der Waals surface area contributed by atoms with Gasteiger partial charge in [0.1, 0.15) is 11.6 Å². The fourth-order valence-corrected chi connectivity index (χ4v) is 10.2. The molecule has 0 bridgehead atoms. The molecule has 73 heavy (non-hydrogen) atoms. The fraction of sp³-hybridized carbons (Fsp3) is 0.206. The Morgan fingerprint density at radius 2 is 1.08 bits per heavy atom. The maximum atomic E-state index is 12.7. The minimum atomic E-state index is -0.327. The van der Waals surface area contributed by atoms with E-state index in [0.717, 1.165) is 84.5 Å². The average Bonchev–Trinajstić information content (AvgIpc) is 3.78. The van der Waals surface area contributed by atoms with Gasteiger partial charge in [0.25, 0.3) is 0 Å².